The van der Waals surface area contributed by atoms with Crippen LogP contribution in [0.3, 0.4) is 0 Å². The van der Waals surface area contributed by atoms with Gasteiger partial charge in [0.2, 0.25) is 0 Å². The number of hydrogen-bond donors (Lipinski definition) is 2. The zero-order valence-electron chi connectivity index (χ0n) is 14.4. The van der Waals surface area contributed by atoms with Gasteiger partial charge < -0.3 is 15.2 Å². The number of carboxylic acid groups (broad SMARTS) is 1. The Labute approximate surface area is 146 Å². The molecule has 1 aromatic carbocycles. The summed E-state index contributed by atoms with van der Waals surface area (Å²) in [6.45, 7) is 2.27. The number of nitrogens with zero attached hydrogens (tertiary/aromatic N) is 2. The SMILES string of the molecule is CCCc1c(C(=O)NC(CCOC)C(=O)O)cnn1-c1ccccc1. The smallest absolute Gasteiger partial charge is 0.326 e. The zero-order valence-corrected chi connectivity index (χ0v) is 14.4. The van der Waals surface area contributed by atoms with Gasteiger partial charge in [-0.15, -0.1) is 0 Å². The lowest BCUT2D eigenvalue weighted by Gasteiger charge is -2.14. The number of benzene rings is 1. The Balaban J connectivity index is 2.27. The van der Waals surface area contributed by atoms with Crippen molar-refractivity contribution < 1.29 is 19.4 Å². The highest BCUT2D eigenvalue weighted by Gasteiger charge is 2.24. The number of hydrogen-bond acceptors (Lipinski definition) is 4. The maximum atomic E-state index is 12.6. The molecule has 2 aromatic rings. The normalized spacial score (nSPS) is 11.9. The van der Waals surface area contributed by atoms with Crippen molar-refractivity contribution in [2.24, 2.45) is 0 Å². The number of nitrogens with one attached hydrogen (secondary N) is 1. The number of amides is 1. The third-order valence-electron chi connectivity index (χ3n) is 3.82. The molecule has 0 bridgehead atoms. The van der Waals surface area contributed by atoms with E-state index in [9.17, 15) is 14.7 Å². The van der Waals surface area contributed by atoms with E-state index in [1.165, 1.54) is 13.3 Å². The standard InChI is InChI=1S/C18H23N3O4/c1-3-7-16-14(12-19-21(16)13-8-5-4-6-9-13)17(22)20-15(18(23)24)10-11-25-2/h4-6,8-9,12,15H,3,7,10-11H2,1-2H3,(H,20,22)(H,23,24). The van der Waals surface area contributed by atoms with Crippen molar-refractivity contribution in [2.75, 3.05) is 13.7 Å². The molecule has 0 radical (unpaired) electrons. The number of aromatic nitrogens is 2. The average molecular weight is 345 g/mol. The summed E-state index contributed by atoms with van der Waals surface area (Å²) in [5, 5.41) is 16.1. The van der Waals surface area contributed by atoms with Crippen LogP contribution in [0.15, 0.2) is 36.5 Å². The number of carbonyl (C=O) groups excluding carboxylic acids is 1. The highest BCUT2D eigenvalue weighted by Crippen LogP contribution is 2.17. The molecule has 1 atom stereocenters. The van der Waals surface area contributed by atoms with Gasteiger partial charge in [0.1, 0.15) is 6.04 Å². The zero-order chi connectivity index (χ0) is 18.2. The topological polar surface area (TPSA) is 93.4 Å². The highest BCUT2D eigenvalue weighted by atomic mass is 16.5. The van der Waals surface area contributed by atoms with E-state index in [2.05, 4.69) is 10.4 Å². The molecule has 0 spiro atoms. The Morgan fingerprint density at radius 3 is 2.64 bits per heavy atom. The van der Waals surface area contributed by atoms with Gasteiger partial charge in [-0.1, -0.05) is 31.5 Å². The van der Waals surface area contributed by atoms with E-state index < -0.39 is 17.9 Å². The average Bonchev–Trinajstić information content (AvgIpc) is 3.03. The van der Waals surface area contributed by atoms with E-state index in [1.54, 1.807) is 4.68 Å². The van der Waals surface area contributed by atoms with E-state index in [1.807, 2.05) is 37.3 Å². The Hall–Kier alpha value is -2.67. The third-order valence-corrected chi connectivity index (χ3v) is 3.82. The summed E-state index contributed by atoms with van der Waals surface area (Å²) >= 11 is 0. The van der Waals surface area contributed by atoms with Crippen molar-refractivity contribution in [2.45, 2.75) is 32.2 Å². The van der Waals surface area contributed by atoms with Gasteiger partial charge in [-0.3, -0.25) is 4.79 Å². The van der Waals surface area contributed by atoms with E-state index in [0.29, 0.717) is 12.0 Å². The fraction of sp³-hybridized carbons (Fsp3) is 0.389. The van der Waals surface area contributed by atoms with Gasteiger partial charge in [-0.2, -0.15) is 5.10 Å². The maximum Gasteiger partial charge on any atom is 0.326 e. The van der Waals surface area contributed by atoms with Crippen molar-refractivity contribution >= 4 is 11.9 Å². The van der Waals surface area contributed by atoms with E-state index >= 15 is 0 Å². The molecule has 7 heteroatoms. The Bertz CT molecular complexity index is 712. The Morgan fingerprint density at radius 2 is 2.04 bits per heavy atom. The molecule has 0 aliphatic carbocycles. The lowest BCUT2D eigenvalue weighted by Crippen LogP contribution is -2.41. The molecule has 25 heavy (non-hydrogen) atoms. The number of aliphatic carboxylic acids is 1. The molecule has 0 fully saturated rings. The number of ether oxygens (including phenoxy) is 1. The second kappa shape index (κ2) is 8.98. The van der Waals surface area contributed by atoms with Crippen molar-refractivity contribution in [3.05, 3.63) is 47.8 Å². The molecule has 134 valence electrons. The molecule has 0 saturated heterocycles. The van der Waals surface area contributed by atoms with Gasteiger partial charge in [-0.05, 0) is 18.6 Å². The maximum absolute atomic E-state index is 12.6. The lowest BCUT2D eigenvalue weighted by molar-refractivity contribution is -0.139. The van der Waals surface area contributed by atoms with E-state index in [4.69, 9.17) is 4.74 Å². The summed E-state index contributed by atoms with van der Waals surface area (Å²) in [5.74, 6) is -1.52. The van der Waals surface area contributed by atoms with Crippen LogP contribution in [-0.4, -0.2) is 46.5 Å². The summed E-state index contributed by atoms with van der Waals surface area (Å²) < 4.78 is 6.63. The first-order chi connectivity index (χ1) is 12.1. The van der Waals surface area contributed by atoms with Gasteiger partial charge in [0.15, 0.2) is 0 Å². The van der Waals surface area contributed by atoms with E-state index in [0.717, 1.165) is 17.8 Å². The van der Waals surface area contributed by atoms with Crippen LogP contribution < -0.4 is 5.32 Å². The molecule has 0 saturated carbocycles. The molecule has 1 unspecified atom stereocenters. The molecule has 1 amide bonds. The molecule has 2 rings (SSSR count). The van der Waals surface area contributed by atoms with Crippen LogP contribution in [0.4, 0.5) is 0 Å². The van der Waals surface area contributed by atoms with Crippen LogP contribution in [0.1, 0.15) is 35.8 Å². The van der Waals surface area contributed by atoms with Crippen molar-refractivity contribution in [1.29, 1.82) is 0 Å². The summed E-state index contributed by atoms with van der Waals surface area (Å²) in [7, 11) is 1.49. The van der Waals surface area contributed by atoms with Crippen LogP contribution in [0.2, 0.25) is 0 Å². The minimum absolute atomic E-state index is 0.202. The minimum Gasteiger partial charge on any atom is -0.480 e. The van der Waals surface area contributed by atoms with Crippen molar-refractivity contribution in [1.82, 2.24) is 15.1 Å². The quantitative estimate of drug-likeness (QED) is 0.725. The summed E-state index contributed by atoms with van der Waals surface area (Å²) in [6, 6.07) is 8.53. The predicted molar refractivity (Wildman–Crippen MR) is 92.9 cm³/mol. The second-order valence-corrected chi connectivity index (χ2v) is 5.65. The fourth-order valence-corrected chi connectivity index (χ4v) is 2.56. The van der Waals surface area contributed by atoms with Crippen LogP contribution in [0.5, 0.6) is 0 Å². The summed E-state index contributed by atoms with van der Waals surface area (Å²) in [6.07, 6.45) is 3.19. The fourth-order valence-electron chi connectivity index (χ4n) is 2.56. The monoisotopic (exact) mass is 345 g/mol. The first-order valence-electron chi connectivity index (χ1n) is 8.23. The number of para-hydroxylation sites is 1. The molecule has 0 aliphatic heterocycles. The number of methoxy groups -OCH3 is 1. The summed E-state index contributed by atoms with van der Waals surface area (Å²) in [4.78, 5) is 23.9. The van der Waals surface area contributed by atoms with Gasteiger partial charge >= 0.3 is 5.97 Å². The first kappa shape index (κ1) is 18.7. The van der Waals surface area contributed by atoms with Crippen LogP contribution in [0, 0.1) is 0 Å². The molecule has 1 aromatic heterocycles. The van der Waals surface area contributed by atoms with Gasteiger partial charge in [0.05, 0.1) is 23.1 Å². The van der Waals surface area contributed by atoms with Gasteiger partial charge in [0, 0.05) is 20.1 Å². The lowest BCUT2D eigenvalue weighted by atomic mass is 10.1. The molecule has 1 heterocycles. The minimum atomic E-state index is -1.09. The second-order valence-electron chi connectivity index (χ2n) is 5.65. The molecular formula is C18H23N3O4. The molecule has 2 N–H and O–H groups in total. The van der Waals surface area contributed by atoms with Gasteiger partial charge in [0.25, 0.3) is 5.91 Å². The largest absolute Gasteiger partial charge is 0.480 e. The number of carboxylic acids is 1. The van der Waals surface area contributed by atoms with Crippen LogP contribution >= 0.6 is 0 Å². The Morgan fingerprint density at radius 1 is 1.32 bits per heavy atom. The van der Waals surface area contributed by atoms with Crippen LogP contribution in [-0.2, 0) is 16.0 Å². The first-order valence-corrected chi connectivity index (χ1v) is 8.23. The van der Waals surface area contributed by atoms with E-state index in [-0.39, 0.29) is 13.0 Å². The van der Waals surface area contributed by atoms with Gasteiger partial charge in [-0.25, -0.2) is 9.48 Å². The predicted octanol–water partition coefficient (Wildman–Crippen LogP) is 2.04. The van der Waals surface area contributed by atoms with Crippen LogP contribution in [0.25, 0.3) is 5.69 Å². The van der Waals surface area contributed by atoms with Crippen molar-refractivity contribution in [3.8, 4) is 5.69 Å². The number of carbonyl (C=O) groups is 2. The molecule has 7 nitrogen and oxygen atoms in total. The number of rotatable bonds is 9. The highest BCUT2D eigenvalue weighted by molar-refractivity contribution is 5.97. The molecular weight excluding hydrogens is 322 g/mol. The Kier molecular flexibility index (Phi) is 6.71. The molecule has 0 aliphatic rings. The third kappa shape index (κ3) is 4.67. The van der Waals surface area contributed by atoms with Crippen molar-refractivity contribution in [3.63, 3.8) is 0 Å². The summed E-state index contributed by atoms with van der Waals surface area (Å²) in [5.41, 5.74) is 2.02.